The van der Waals surface area contributed by atoms with E-state index >= 15 is 0 Å². The Morgan fingerprint density at radius 3 is 2.83 bits per heavy atom. The van der Waals surface area contributed by atoms with E-state index in [-0.39, 0.29) is 18.9 Å². The van der Waals surface area contributed by atoms with Crippen molar-refractivity contribution in [2.45, 2.75) is 57.6 Å². The number of rotatable bonds is 11. The minimum Gasteiger partial charge on any atom is -0.490 e. The Morgan fingerprint density at radius 2 is 2.17 bits per heavy atom. The molecule has 0 aliphatic heterocycles. The Balaban J connectivity index is 1.83. The van der Waals surface area contributed by atoms with E-state index in [1.54, 1.807) is 16.8 Å². The molecule has 29 heavy (non-hydrogen) atoms. The van der Waals surface area contributed by atoms with Gasteiger partial charge in [0.15, 0.2) is 17.3 Å². The third-order valence-corrected chi connectivity index (χ3v) is 5.43. The topological polar surface area (TPSA) is 80.4 Å². The van der Waals surface area contributed by atoms with Gasteiger partial charge in [-0.2, -0.15) is 0 Å². The van der Waals surface area contributed by atoms with Gasteiger partial charge >= 0.3 is 0 Å². The summed E-state index contributed by atoms with van der Waals surface area (Å²) in [5.74, 6) is 2.75. The Bertz CT molecular complexity index is 873. The third kappa shape index (κ3) is 5.14. The van der Waals surface area contributed by atoms with Crippen LogP contribution in [-0.2, 0) is 18.6 Å². The van der Waals surface area contributed by atoms with Gasteiger partial charge < -0.3 is 14.9 Å². The first-order valence-electron chi connectivity index (χ1n) is 10.2. The second-order valence-corrected chi connectivity index (χ2v) is 7.65. The molecule has 1 aromatic heterocycles. The van der Waals surface area contributed by atoms with Gasteiger partial charge in [-0.3, -0.25) is 0 Å². The molecule has 0 bridgehead atoms. The maximum atomic E-state index is 14.2. The van der Waals surface area contributed by atoms with Crippen LogP contribution in [0.2, 0.25) is 0 Å². The van der Waals surface area contributed by atoms with E-state index in [0.29, 0.717) is 43.0 Å². The molecular formula is C22H28FN3O3. The van der Waals surface area contributed by atoms with Crippen molar-refractivity contribution in [2.75, 3.05) is 13.2 Å². The standard InChI is InChI=1S/C22H28FN3O3/c1-3-19-20(7-5-6-12-27)26(25-24-19)15-22(28,4-2)17-10-11-18(23)21(13-17)29-14-16-8-9-16/h1,10-11,13,16,27-28H,4-9,12,14-15H2,2H3/t22-/m1/s1. The maximum absolute atomic E-state index is 14.2. The molecule has 0 amide bonds. The van der Waals surface area contributed by atoms with E-state index in [1.807, 2.05) is 6.92 Å². The fourth-order valence-corrected chi connectivity index (χ4v) is 3.27. The first-order valence-corrected chi connectivity index (χ1v) is 10.2. The molecule has 0 spiro atoms. The van der Waals surface area contributed by atoms with Crippen LogP contribution in [0.4, 0.5) is 4.39 Å². The van der Waals surface area contributed by atoms with Gasteiger partial charge in [-0.1, -0.05) is 18.2 Å². The number of nitrogens with zero attached hydrogens (tertiary/aromatic N) is 3. The van der Waals surface area contributed by atoms with Gasteiger partial charge in [-0.15, -0.1) is 11.5 Å². The number of unbranched alkanes of at least 4 members (excludes halogenated alkanes) is 1. The fourth-order valence-electron chi connectivity index (χ4n) is 3.27. The summed E-state index contributed by atoms with van der Waals surface area (Å²) in [6.07, 6.45) is 10.1. The summed E-state index contributed by atoms with van der Waals surface area (Å²) in [4.78, 5) is 0. The highest BCUT2D eigenvalue weighted by molar-refractivity contribution is 5.34. The molecule has 2 N–H and O–H groups in total. The van der Waals surface area contributed by atoms with E-state index in [4.69, 9.17) is 16.3 Å². The van der Waals surface area contributed by atoms with Crippen molar-refractivity contribution in [1.29, 1.82) is 0 Å². The lowest BCUT2D eigenvalue weighted by Crippen LogP contribution is -2.32. The van der Waals surface area contributed by atoms with Gasteiger partial charge in [0, 0.05) is 6.61 Å². The summed E-state index contributed by atoms with van der Waals surface area (Å²) >= 11 is 0. The van der Waals surface area contributed by atoms with Crippen LogP contribution in [0.3, 0.4) is 0 Å². The summed E-state index contributed by atoms with van der Waals surface area (Å²) in [7, 11) is 0. The zero-order chi connectivity index (χ0) is 20.9. The van der Waals surface area contributed by atoms with Gasteiger partial charge in [0.1, 0.15) is 5.60 Å². The fraction of sp³-hybridized carbons (Fsp3) is 0.545. The van der Waals surface area contributed by atoms with Crippen molar-refractivity contribution < 1.29 is 19.3 Å². The van der Waals surface area contributed by atoms with Crippen molar-refractivity contribution in [1.82, 2.24) is 15.0 Å². The average molecular weight is 401 g/mol. The molecular weight excluding hydrogens is 373 g/mol. The van der Waals surface area contributed by atoms with Crippen LogP contribution in [0.1, 0.15) is 56.0 Å². The van der Waals surface area contributed by atoms with E-state index in [2.05, 4.69) is 16.2 Å². The molecule has 2 aromatic rings. The Morgan fingerprint density at radius 1 is 1.38 bits per heavy atom. The molecule has 0 radical (unpaired) electrons. The second kappa shape index (κ2) is 9.38. The van der Waals surface area contributed by atoms with Crippen LogP contribution in [-0.4, -0.2) is 38.4 Å². The molecule has 1 atom stereocenters. The second-order valence-electron chi connectivity index (χ2n) is 7.65. The molecule has 1 fully saturated rings. The zero-order valence-electron chi connectivity index (χ0n) is 16.8. The summed E-state index contributed by atoms with van der Waals surface area (Å²) in [5.41, 5.74) is 0.469. The largest absolute Gasteiger partial charge is 0.490 e. The molecule has 6 nitrogen and oxygen atoms in total. The predicted octanol–water partition coefficient (Wildman–Crippen LogP) is 2.80. The molecule has 7 heteroatoms. The van der Waals surface area contributed by atoms with E-state index in [0.717, 1.165) is 25.0 Å². The normalized spacial score (nSPS) is 15.7. The van der Waals surface area contributed by atoms with Gasteiger partial charge in [-0.25, -0.2) is 9.07 Å². The number of aliphatic hydroxyl groups is 2. The predicted molar refractivity (Wildman–Crippen MR) is 107 cm³/mol. The van der Waals surface area contributed by atoms with Gasteiger partial charge in [-0.05, 0) is 68.1 Å². The highest BCUT2D eigenvalue weighted by Gasteiger charge is 2.31. The van der Waals surface area contributed by atoms with Crippen molar-refractivity contribution in [3.63, 3.8) is 0 Å². The number of halogens is 1. The number of terminal acetylenes is 1. The lowest BCUT2D eigenvalue weighted by Gasteiger charge is -2.28. The minimum absolute atomic E-state index is 0.102. The van der Waals surface area contributed by atoms with Gasteiger partial charge in [0.2, 0.25) is 0 Å². The maximum Gasteiger partial charge on any atom is 0.165 e. The van der Waals surface area contributed by atoms with E-state index in [1.165, 1.54) is 6.07 Å². The third-order valence-electron chi connectivity index (χ3n) is 5.43. The zero-order valence-corrected chi connectivity index (χ0v) is 16.8. The molecule has 1 aliphatic carbocycles. The highest BCUT2D eigenvalue weighted by Crippen LogP contribution is 2.34. The molecule has 156 valence electrons. The van der Waals surface area contributed by atoms with Crippen LogP contribution >= 0.6 is 0 Å². The molecule has 1 saturated carbocycles. The molecule has 1 heterocycles. The number of aromatic nitrogens is 3. The smallest absolute Gasteiger partial charge is 0.165 e. The van der Waals surface area contributed by atoms with E-state index < -0.39 is 11.4 Å². The molecule has 0 unspecified atom stereocenters. The Kier molecular flexibility index (Phi) is 6.88. The summed E-state index contributed by atoms with van der Waals surface area (Å²) in [6.45, 7) is 2.60. The van der Waals surface area contributed by atoms with Crippen molar-refractivity contribution in [3.05, 3.63) is 41.0 Å². The van der Waals surface area contributed by atoms with E-state index in [9.17, 15) is 9.50 Å². The van der Waals surface area contributed by atoms with Crippen molar-refractivity contribution >= 4 is 0 Å². The van der Waals surface area contributed by atoms with Crippen LogP contribution in [0, 0.1) is 24.1 Å². The van der Waals surface area contributed by atoms with Gasteiger partial charge in [0.05, 0.1) is 18.8 Å². The number of hydrogen-bond acceptors (Lipinski definition) is 5. The lowest BCUT2D eigenvalue weighted by molar-refractivity contribution is 0.00939. The minimum atomic E-state index is -1.28. The van der Waals surface area contributed by atoms with Crippen molar-refractivity contribution in [3.8, 4) is 18.1 Å². The van der Waals surface area contributed by atoms with Crippen LogP contribution < -0.4 is 4.74 Å². The molecule has 0 saturated heterocycles. The van der Waals surface area contributed by atoms with Gasteiger partial charge in [0.25, 0.3) is 0 Å². The first-order chi connectivity index (χ1) is 14.0. The van der Waals surface area contributed by atoms with Crippen LogP contribution in [0.15, 0.2) is 18.2 Å². The quantitative estimate of drug-likeness (QED) is 0.447. The van der Waals surface area contributed by atoms with Crippen LogP contribution in [0.25, 0.3) is 0 Å². The summed E-state index contributed by atoms with van der Waals surface area (Å²) < 4.78 is 21.4. The molecule has 1 aromatic carbocycles. The van der Waals surface area contributed by atoms with Crippen molar-refractivity contribution in [2.24, 2.45) is 5.92 Å². The number of aliphatic hydroxyl groups excluding tert-OH is 1. The van der Waals surface area contributed by atoms with Crippen LogP contribution in [0.5, 0.6) is 5.75 Å². The molecule has 1 aliphatic rings. The monoisotopic (exact) mass is 401 g/mol. The Labute approximate surface area is 170 Å². The lowest BCUT2D eigenvalue weighted by atomic mass is 9.90. The number of hydrogen-bond donors (Lipinski definition) is 2. The SMILES string of the molecule is C#Cc1nnn(C[C@](O)(CC)c2ccc(F)c(OCC3CC3)c2)c1CCCCO. The average Bonchev–Trinajstić information content (AvgIpc) is 3.48. The summed E-state index contributed by atoms with van der Waals surface area (Å²) in [6, 6.07) is 4.48. The highest BCUT2D eigenvalue weighted by atomic mass is 19.1. The summed E-state index contributed by atoms with van der Waals surface area (Å²) in [5, 5.41) is 28.6. The molecule has 3 rings (SSSR count). The Hall–Kier alpha value is -2.43. The number of ether oxygens (including phenoxy) is 1. The first kappa shape index (κ1) is 21.3. The number of benzene rings is 1.